The predicted octanol–water partition coefficient (Wildman–Crippen LogP) is 3.21. The van der Waals surface area contributed by atoms with Gasteiger partial charge in [-0.05, 0) is 33.4 Å². The average Bonchev–Trinajstić information content (AvgIpc) is 2.28. The van der Waals surface area contributed by atoms with Crippen LogP contribution in [-0.2, 0) is 4.79 Å². The van der Waals surface area contributed by atoms with Crippen LogP contribution < -0.4 is 0 Å². The highest BCUT2D eigenvalue weighted by Crippen LogP contribution is 2.29. The Hall–Kier alpha value is -1.49. The molecular formula is C14H19F2NO2. The molecule has 1 aromatic carbocycles. The lowest BCUT2D eigenvalue weighted by molar-refractivity contribution is -0.150. The van der Waals surface area contributed by atoms with Crippen LogP contribution in [0.4, 0.5) is 8.78 Å². The number of halogens is 2. The second-order valence-corrected chi connectivity index (χ2v) is 4.99. The third kappa shape index (κ3) is 3.10. The van der Waals surface area contributed by atoms with Crippen molar-refractivity contribution in [3.8, 4) is 0 Å². The maximum atomic E-state index is 13.8. The molecule has 0 bridgehead atoms. The molecule has 0 aliphatic rings. The smallest absolute Gasteiger partial charge is 0.323 e. The van der Waals surface area contributed by atoms with Gasteiger partial charge in [-0.1, -0.05) is 13.0 Å². The van der Waals surface area contributed by atoms with Gasteiger partial charge < -0.3 is 5.11 Å². The number of carboxylic acids is 1. The largest absolute Gasteiger partial charge is 0.480 e. The molecule has 0 amide bonds. The predicted molar refractivity (Wildman–Crippen MR) is 68.9 cm³/mol. The lowest BCUT2D eigenvalue weighted by atomic mass is 9.97. The Morgan fingerprint density at radius 1 is 1.42 bits per heavy atom. The summed E-state index contributed by atoms with van der Waals surface area (Å²) in [7, 11) is 0. The topological polar surface area (TPSA) is 40.5 Å². The van der Waals surface area contributed by atoms with Crippen molar-refractivity contribution in [1.29, 1.82) is 0 Å². The molecule has 1 rings (SSSR count). The van der Waals surface area contributed by atoms with Crippen LogP contribution >= 0.6 is 0 Å². The van der Waals surface area contributed by atoms with E-state index < -0.39 is 29.2 Å². The van der Waals surface area contributed by atoms with Gasteiger partial charge in [0.15, 0.2) is 0 Å². The van der Waals surface area contributed by atoms with Gasteiger partial charge in [-0.25, -0.2) is 8.78 Å². The molecule has 0 aliphatic heterocycles. The number of likely N-dealkylation sites (N-methyl/N-ethyl adjacent to an activating group) is 1. The second-order valence-electron chi connectivity index (χ2n) is 4.99. The number of hydrogen-bond donors (Lipinski definition) is 1. The zero-order chi connectivity index (χ0) is 14.8. The van der Waals surface area contributed by atoms with E-state index in [9.17, 15) is 18.7 Å². The minimum atomic E-state index is -1.13. The summed E-state index contributed by atoms with van der Waals surface area (Å²) in [6.45, 7) is 7.10. The van der Waals surface area contributed by atoms with E-state index in [0.717, 1.165) is 6.07 Å². The molecule has 5 heteroatoms. The van der Waals surface area contributed by atoms with Gasteiger partial charge >= 0.3 is 5.97 Å². The number of benzene rings is 1. The van der Waals surface area contributed by atoms with Gasteiger partial charge in [-0.3, -0.25) is 9.69 Å². The van der Waals surface area contributed by atoms with E-state index in [4.69, 9.17) is 0 Å². The minimum absolute atomic E-state index is 0.289. The molecule has 0 aromatic heterocycles. The van der Waals surface area contributed by atoms with E-state index in [0.29, 0.717) is 6.54 Å². The normalized spacial score (nSPS) is 13.6. The van der Waals surface area contributed by atoms with Gasteiger partial charge in [0.2, 0.25) is 0 Å². The molecule has 0 fully saturated rings. The third-order valence-electron chi connectivity index (χ3n) is 3.46. The first-order valence-corrected chi connectivity index (χ1v) is 6.16. The summed E-state index contributed by atoms with van der Waals surface area (Å²) in [6, 6.07) is 2.89. The lowest BCUT2D eigenvalue weighted by Gasteiger charge is -2.39. The zero-order valence-corrected chi connectivity index (χ0v) is 11.6. The van der Waals surface area contributed by atoms with Crippen LogP contribution in [0.3, 0.4) is 0 Å². The summed E-state index contributed by atoms with van der Waals surface area (Å²) >= 11 is 0. The molecule has 1 aromatic rings. The highest BCUT2D eigenvalue weighted by molar-refractivity contribution is 5.77. The van der Waals surface area contributed by atoms with Gasteiger partial charge in [0, 0.05) is 17.7 Å². The maximum absolute atomic E-state index is 13.8. The van der Waals surface area contributed by atoms with Crippen molar-refractivity contribution in [2.24, 2.45) is 0 Å². The molecule has 106 valence electrons. The molecule has 1 unspecified atom stereocenters. The maximum Gasteiger partial charge on any atom is 0.323 e. The third-order valence-corrected chi connectivity index (χ3v) is 3.46. The van der Waals surface area contributed by atoms with Gasteiger partial charge in [-0.2, -0.15) is 0 Å². The monoisotopic (exact) mass is 271 g/mol. The fraction of sp³-hybridized carbons (Fsp3) is 0.500. The number of carbonyl (C=O) groups is 1. The summed E-state index contributed by atoms with van der Waals surface area (Å²) in [4.78, 5) is 13.0. The minimum Gasteiger partial charge on any atom is -0.480 e. The fourth-order valence-corrected chi connectivity index (χ4v) is 2.28. The van der Waals surface area contributed by atoms with Gasteiger partial charge in [0.05, 0.1) is 0 Å². The quantitative estimate of drug-likeness (QED) is 0.894. The van der Waals surface area contributed by atoms with E-state index in [1.807, 2.05) is 6.92 Å². The van der Waals surface area contributed by atoms with Crippen molar-refractivity contribution in [2.45, 2.75) is 39.3 Å². The SMILES string of the molecule is CCN(C(C)c1ccc(F)cc1F)C(C)(C)C(=O)O. The van der Waals surface area contributed by atoms with Crippen molar-refractivity contribution < 1.29 is 18.7 Å². The number of rotatable bonds is 5. The van der Waals surface area contributed by atoms with Crippen molar-refractivity contribution in [3.05, 3.63) is 35.4 Å². The molecule has 0 radical (unpaired) electrons. The Morgan fingerprint density at radius 2 is 2.00 bits per heavy atom. The van der Waals surface area contributed by atoms with E-state index >= 15 is 0 Å². The molecule has 1 N–H and O–H groups in total. The molecule has 1 atom stereocenters. The molecule has 0 spiro atoms. The number of nitrogens with zero attached hydrogens (tertiary/aromatic N) is 1. The van der Waals surface area contributed by atoms with Crippen LogP contribution in [0.1, 0.15) is 39.3 Å². The standard InChI is InChI=1S/C14H19F2NO2/c1-5-17(14(3,4)13(18)19)9(2)11-7-6-10(15)8-12(11)16/h6-9H,5H2,1-4H3,(H,18,19). The molecule has 19 heavy (non-hydrogen) atoms. The van der Waals surface area contributed by atoms with Crippen LogP contribution in [-0.4, -0.2) is 28.1 Å². The number of carboxylic acid groups (broad SMARTS) is 1. The van der Waals surface area contributed by atoms with E-state index in [2.05, 4.69) is 0 Å². The fourth-order valence-electron chi connectivity index (χ4n) is 2.28. The summed E-state index contributed by atoms with van der Waals surface area (Å²) in [5.41, 5.74) is -0.841. The van der Waals surface area contributed by atoms with Crippen molar-refractivity contribution in [2.75, 3.05) is 6.54 Å². The summed E-state index contributed by atoms with van der Waals surface area (Å²) in [5, 5.41) is 9.26. The van der Waals surface area contributed by atoms with E-state index in [1.54, 1.807) is 25.7 Å². The Morgan fingerprint density at radius 3 is 2.42 bits per heavy atom. The second kappa shape index (κ2) is 5.65. The van der Waals surface area contributed by atoms with E-state index in [-0.39, 0.29) is 5.56 Å². The summed E-state index contributed by atoms with van der Waals surface area (Å²) in [5.74, 6) is -2.29. The first-order chi connectivity index (χ1) is 8.71. The van der Waals surface area contributed by atoms with Crippen LogP contribution in [0.5, 0.6) is 0 Å². The Kier molecular flexibility index (Phi) is 4.63. The lowest BCUT2D eigenvalue weighted by Crippen LogP contribution is -2.51. The highest BCUT2D eigenvalue weighted by Gasteiger charge is 2.37. The Balaban J connectivity index is 3.15. The number of aliphatic carboxylic acids is 1. The van der Waals surface area contributed by atoms with Crippen molar-refractivity contribution in [3.63, 3.8) is 0 Å². The van der Waals surface area contributed by atoms with Gasteiger partial charge in [-0.15, -0.1) is 0 Å². The van der Waals surface area contributed by atoms with Crippen LogP contribution in [0, 0.1) is 11.6 Å². The molecular weight excluding hydrogens is 252 g/mol. The highest BCUT2D eigenvalue weighted by atomic mass is 19.1. The molecule has 0 heterocycles. The van der Waals surface area contributed by atoms with E-state index in [1.165, 1.54) is 12.1 Å². The van der Waals surface area contributed by atoms with Crippen molar-refractivity contribution >= 4 is 5.97 Å². The molecule has 3 nitrogen and oxygen atoms in total. The summed E-state index contributed by atoms with van der Waals surface area (Å²) < 4.78 is 26.7. The first kappa shape index (κ1) is 15.6. The Labute approximate surface area is 111 Å². The molecule has 0 aliphatic carbocycles. The Bertz CT molecular complexity index is 475. The van der Waals surface area contributed by atoms with Crippen LogP contribution in [0.15, 0.2) is 18.2 Å². The first-order valence-electron chi connectivity index (χ1n) is 6.16. The van der Waals surface area contributed by atoms with Crippen LogP contribution in [0.2, 0.25) is 0 Å². The average molecular weight is 271 g/mol. The zero-order valence-electron chi connectivity index (χ0n) is 11.6. The van der Waals surface area contributed by atoms with Gasteiger partial charge in [0.1, 0.15) is 17.2 Å². The van der Waals surface area contributed by atoms with Crippen LogP contribution in [0.25, 0.3) is 0 Å². The van der Waals surface area contributed by atoms with Gasteiger partial charge in [0.25, 0.3) is 0 Å². The van der Waals surface area contributed by atoms with Crippen molar-refractivity contribution in [1.82, 2.24) is 4.90 Å². The molecule has 0 saturated carbocycles. The molecule has 0 saturated heterocycles. The summed E-state index contributed by atoms with van der Waals surface area (Å²) in [6.07, 6.45) is 0. The number of hydrogen-bond acceptors (Lipinski definition) is 2.